The minimum absolute atomic E-state index is 0.0365. The van der Waals surface area contributed by atoms with Gasteiger partial charge in [-0.1, -0.05) is 18.2 Å². The molecule has 144 valence electrons. The Balaban J connectivity index is 1.80. The van der Waals surface area contributed by atoms with E-state index in [4.69, 9.17) is 26.8 Å². The number of nitrogen functional groups attached to an aromatic ring is 1. The van der Waals surface area contributed by atoms with Crippen LogP contribution >= 0.6 is 11.6 Å². The third kappa shape index (κ3) is 3.66. The number of carbonyl (C=O) groups excluding carboxylic acids is 1. The van der Waals surface area contributed by atoms with Crippen molar-refractivity contribution in [2.75, 3.05) is 18.2 Å². The number of carbonyl (C=O) groups is 1. The number of esters is 1. The lowest BCUT2D eigenvalue weighted by Gasteiger charge is -2.29. The SMILES string of the molecule is Nc1ccn([C@@H]2O[C@](CCl)(COC(=O)c3ccccc3)[C@@H](O)[C@@H]2F)c(=O)n1. The first kappa shape index (κ1) is 19.3. The summed E-state index contributed by atoms with van der Waals surface area (Å²) in [6, 6.07) is 9.42. The van der Waals surface area contributed by atoms with Gasteiger partial charge in [-0.3, -0.25) is 4.57 Å². The Morgan fingerprint density at radius 3 is 2.74 bits per heavy atom. The fraction of sp³-hybridized carbons (Fsp3) is 0.353. The standard InChI is InChI=1S/C17H17ClFN3O5/c18-8-17(9-26-15(24)10-4-2-1-3-5-10)13(23)12(19)14(27-17)22-7-6-11(20)21-16(22)25/h1-7,12-14,23H,8-9H2,(H2,20,21,25)/t12-,13-,14+,17+/m0/s1. The van der Waals surface area contributed by atoms with Gasteiger partial charge in [0.2, 0.25) is 0 Å². The maximum atomic E-state index is 14.7. The van der Waals surface area contributed by atoms with Gasteiger partial charge in [-0.05, 0) is 18.2 Å². The van der Waals surface area contributed by atoms with Crippen LogP contribution < -0.4 is 11.4 Å². The first-order valence-corrected chi connectivity index (χ1v) is 8.54. The lowest BCUT2D eigenvalue weighted by atomic mass is 9.99. The normalized spacial score (nSPS) is 27.4. The molecule has 2 heterocycles. The number of alkyl halides is 2. The number of aliphatic hydroxyl groups excluding tert-OH is 1. The van der Waals surface area contributed by atoms with E-state index in [2.05, 4.69) is 4.98 Å². The molecule has 2 aromatic rings. The van der Waals surface area contributed by atoms with E-state index in [9.17, 15) is 19.1 Å². The van der Waals surface area contributed by atoms with Crippen molar-refractivity contribution in [3.63, 3.8) is 0 Å². The van der Waals surface area contributed by atoms with Crippen molar-refractivity contribution in [3.8, 4) is 0 Å². The third-order valence-corrected chi connectivity index (χ3v) is 4.73. The van der Waals surface area contributed by atoms with E-state index in [1.165, 1.54) is 12.3 Å². The Labute approximate surface area is 158 Å². The molecule has 0 radical (unpaired) electrons. The molecule has 4 atom stereocenters. The third-order valence-electron chi connectivity index (χ3n) is 4.28. The predicted octanol–water partition coefficient (Wildman–Crippen LogP) is 0.888. The van der Waals surface area contributed by atoms with Crippen LogP contribution in [0.5, 0.6) is 0 Å². The van der Waals surface area contributed by atoms with Crippen molar-refractivity contribution in [2.45, 2.75) is 24.1 Å². The largest absolute Gasteiger partial charge is 0.459 e. The average Bonchev–Trinajstić information content (AvgIpc) is 2.92. The van der Waals surface area contributed by atoms with Gasteiger partial charge < -0.3 is 20.3 Å². The maximum absolute atomic E-state index is 14.7. The van der Waals surface area contributed by atoms with Crippen molar-refractivity contribution in [1.82, 2.24) is 9.55 Å². The molecule has 0 unspecified atom stereocenters. The fourth-order valence-corrected chi connectivity index (χ4v) is 3.06. The number of aliphatic hydroxyl groups is 1. The van der Waals surface area contributed by atoms with E-state index < -0.39 is 42.4 Å². The van der Waals surface area contributed by atoms with Gasteiger partial charge in [0, 0.05) is 6.20 Å². The highest BCUT2D eigenvalue weighted by Gasteiger charge is 2.56. The molecule has 10 heteroatoms. The Hall–Kier alpha value is -2.49. The van der Waals surface area contributed by atoms with Gasteiger partial charge in [0.15, 0.2) is 12.4 Å². The molecule has 27 heavy (non-hydrogen) atoms. The van der Waals surface area contributed by atoms with Crippen molar-refractivity contribution in [2.24, 2.45) is 0 Å². The number of ether oxygens (including phenoxy) is 2. The van der Waals surface area contributed by atoms with Crippen LogP contribution in [0.1, 0.15) is 16.6 Å². The lowest BCUT2D eigenvalue weighted by molar-refractivity contribution is -0.117. The highest BCUT2D eigenvalue weighted by molar-refractivity contribution is 6.18. The summed E-state index contributed by atoms with van der Waals surface area (Å²) in [7, 11) is 0. The monoisotopic (exact) mass is 397 g/mol. The average molecular weight is 398 g/mol. The summed E-state index contributed by atoms with van der Waals surface area (Å²) in [5.41, 5.74) is 3.13. The molecule has 0 saturated carbocycles. The van der Waals surface area contributed by atoms with E-state index in [0.717, 1.165) is 4.57 Å². The summed E-state index contributed by atoms with van der Waals surface area (Å²) >= 11 is 5.91. The fourth-order valence-electron chi connectivity index (χ4n) is 2.76. The quantitative estimate of drug-likeness (QED) is 0.568. The smallest absolute Gasteiger partial charge is 0.351 e. The van der Waals surface area contributed by atoms with Crippen molar-refractivity contribution in [1.29, 1.82) is 0 Å². The van der Waals surface area contributed by atoms with Crippen molar-refractivity contribution >= 4 is 23.4 Å². The van der Waals surface area contributed by atoms with E-state index in [1.54, 1.807) is 30.3 Å². The maximum Gasteiger partial charge on any atom is 0.351 e. The molecule has 1 saturated heterocycles. The van der Waals surface area contributed by atoms with Gasteiger partial charge in [0.1, 0.15) is 24.1 Å². The molecule has 3 rings (SSSR count). The number of nitrogens with two attached hydrogens (primary N) is 1. The lowest BCUT2D eigenvalue weighted by Crippen LogP contribution is -2.48. The number of anilines is 1. The first-order chi connectivity index (χ1) is 12.9. The second-order valence-electron chi connectivity index (χ2n) is 6.08. The molecule has 0 amide bonds. The molecule has 0 bridgehead atoms. The van der Waals surface area contributed by atoms with Crippen molar-refractivity contribution in [3.05, 3.63) is 58.6 Å². The van der Waals surface area contributed by atoms with Crippen LogP contribution in [0.15, 0.2) is 47.4 Å². The number of hydrogen-bond acceptors (Lipinski definition) is 7. The Kier molecular flexibility index (Phi) is 5.45. The molecule has 1 fully saturated rings. The zero-order chi connectivity index (χ0) is 19.6. The Morgan fingerprint density at radius 2 is 2.11 bits per heavy atom. The number of hydrogen-bond donors (Lipinski definition) is 2. The van der Waals surface area contributed by atoms with Crippen LogP contribution in [0.3, 0.4) is 0 Å². The van der Waals surface area contributed by atoms with Crippen LogP contribution in [-0.2, 0) is 9.47 Å². The molecular formula is C17H17ClFN3O5. The zero-order valence-electron chi connectivity index (χ0n) is 14.0. The molecule has 0 spiro atoms. The van der Waals surface area contributed by atoms with Crippen LogP contribution in [0.2, 0.25) is 0 Å². The minimum atomic E-state index is -2.00. The first-order valence-electron chi connectivity index (χ1n) is 8.01. The summed E-state index contributed by atoms with van der Waals surface area (Å²) in [5, 5.41) is 10.3. The minimum Gasteiger partial charge on any atom is -0.459 e. The van der Waals surface area contributed by atoms with E-state index >= 15 is 0 Å². The molecular weight excluding hydrogens is 381 g/mol. The Morgan fingerprint density at radius 1 is 1.41 bits per heavy atom. The van der Waals surface area contributed by atoms with E-state index in [-0.39, 0.29) is 17.3 Å². The number of benzene rings is 1. The van der Waals surface area contributed by atoms with Crippen molar-refractivity contribution < 1.29 is 23.8 Å². The van der Waals surface area contributed by atoms with Gasteiger partial charge in [-0.25, -0.2) is 14.0 Å². The molecule has 1 aliphatic heterocycles. The summed E-state index contributed by atoms with van der Waals surface area (Å²) in [4.78, 5) is 27.6. The summed E-state index contributed by atoms with van der Waals surface area (Å²) < 4.78 is 26.3. The summed E-state index contributed by atoms with van der Waals surface area (Å²) in [6.07, 6.45) is -4.01. The second kappa shape index (κ2) is 7.63. The summed E-state index contributed by atoms with van der Waals surface area (Å²) in [6.45, 7) is -0.501. The topological polar surface area (TPSA) is 117 Å². The summed E-state index contributed by atoms with van der Waals surface area (Å²) in [5.74, 6) is -1.09. The van der Waals surface area contributed by atoms with E-state index in [1.807, 2.05) is 0 Å². The zero-order valence-corrected chi connectivity index (χ0v) is 14.8. The molecule has 0 aliphatic carbocycles. The van der Waals surface area contributed by atoms with Gasteiger partial charge >= 0.3 is 11.7 Å². The molecule has 1 aromatic heterocycles. The van der Waals surface area contributed by atoms with Crippen LogP contribution in [0.25, 0.3) is 0 Å². The number of rotatable bonds is 5. The van der Waals surface area contributed by atoms with Gasteiger partial charge in [0.25, 0.3) is 0 Å². The number of aromatic nitrogens is 2. The van der Waals surface area contributed by atoms with Gasteiger partial charge in [-0.15, -0.1) is 11.6 Å². The predicted molar refractivity (Wildman–Crippen MR) is 94.1 cm³/mol. The van der Waals surface area contributed by atoms with E-state index in [0.29, 0.717) is 0 Å². The molecule has 3 N–H and O–H groups in total. The van der Waals surface area contributed by atoms with Crippen LogP contribution in [0.4, 0.5) is 10.2 Å². The van der Waals surface area contributed by atoms with Crippen LogP contribution in [0, 0.1) is 0 Å². The Bertz CT molecular complexity index is 880. The van der Waals surface area contributed by atoms with Crippen LogP contribution in [-0.4, -0.2) is 51.0 Å². The molecule has 8 nitrogen and oxygen atoms in total. The molecule has 1 aromatic carbocycles. The second-order valence-corrected chi connectivity index (χ2v) is 6.35. The highest BCUT2D eigenvalue weighted by atomic mass is 35.5. The van der Waals surface area contributed by atoms with Gasteiger partial charge in [-0.2, -0.15) is 4.98 Å². The number of nitrogens with zero attached hydrogens (tertiary/aromatic N) is 2. The molecule has 1 aliphatic rings. The highest BCUT2D eigenvalue weighted by Crippen LogP contribution is 2.39. The van der Waals surface area contributed by atoms with Gasteiger partial charge in [0.05, 0.1) is 11.4 Å². The number of halogens is 2.